The Morgan fingerprint density at radius 1 is 1.06 bits per heavy atom. The van der Waals surface area contributed by atoms with E-state index in [2.05, 4.69) is 27.0 Å². The number of alkyl halides is 1. The highest BCUT2D eigenvalue weighted by Crippen LogP contribution is 2.03. The van der Waals surface area contributed by atoms with E-state index in [0.29, 0.717) is 6.42 Å². The SMILES string of the molecule is C=C(C)O.C=C(CC)CCC.CC.CCCF. The highest BCUT2D eigenvalue weighted by atomic mass is 19.1. The van der Waals surface area contributed by atoms with Crippen molar-refractivity contribution in [3.63, 3.8) is 0 Å². The van der Waals surface area contributed by atoms with E-state index in [4.69, 9.17) is 5.11 Å². The van der Waals surface area contributed by atoms with Gasteiger partial charge in [0.1, 0.15) is 0 Å². The highest BCUT2D eigenvalue weighted by Gasteiger charge is 1.83. The number of hydrogen-bond acceptors (Lipinski definition) is 1. The lowest BCUT2D eigenvalue weighted by molar-refractivity contribution is 0.417. The van der Waals surface area contributed by atoms with Crippen LogP contribution in [0.3, 0.4) is 0 Å². The lowest BCUT2D eigenvalue weighted by Crippen LogP contribution is -1.73. The van der Waals surface area contributed by atoms with E-state index in [-0.39, 0.29) is 12.4 Å². The summed E-state index contributed by atoms with van der Waals surface area (Å²) < 4.78 is 10.7. The van der Waals surface area contributed by atoms with E-state index in [1.54, 1.807) is 6.92 Å². The van der Waals surface area contributed by atoms with Crippen molar-refractivity contribution in [3.8, 4) is 0 Å². The van der Waals surface area contributed by atoms with Crippen LogP contribution < -0.4 is 0 Å². The van der Waals surface area contributed by atoms with Crippen LogP contribution in [0.4, 0.5) is 4.39 Å². The van der Waals surface area contributed by atoms with Crippen molar-refractivity contribution in [2.45, 2.75) is 67.2 Å². The number of allylic oxidation sites excluding steroid dienone is 2. The molecule has 0 radical (unpaired) electrons. The van der Waals surface area contributed by atoms with Gasteiger partial charge in [-0.05, 0) is 26.2 Å². The van der Waals surface area contributed by atoms with Crippen molar-refractivity contribution in [2.75, 3.05) is 6.67 Å². The summed E-state index contributed by atoms with van der Waals surface area (Å²) in [5.74, 6) is 0.167. The van der Waals surface area contributed by atoms with E-state index in [1.807, 2.05) is 13.8 Å². The first-order chi connectivity index (χ1) is 7.95. The maximum atomic E-state index is 10.7. The van der Waals surface area contributed by atoms with Gasteiger partial charge in [0.15, 0.2) is 0 Å². The lowest BCUT2D eigenvalue weighted by atomic mass is 10.1. The summed E-state index contributed by atoms with van der Waals surface area (Å²) in [7, 11) is 0. The molecule has 0 unspecified atom stereocenters. The standard InChI is InChI=1S/C7H14.C3H7F.C3H6O.C2H6/c1-4-6-7(3)5-2;1-2-3-4;1-3(2)4;1-2/h3-6H2,1-2H3;2-3H2,1H3;4H,1H2,2H3;1-2H3. The Morgan fingerprint density at radius 2 is 1.35 bits per heavy atom. The second-order valence-corrected chi connectivity index (χ2v) is 3.28. The van der Waals surface area contributed by atoms with Crippen molar-refractivity contribution < 1.29 is 9.50 Å². The Labute approximate surface area is 108 Å². The molecule has 0 aliphatic heterocycles. The predicted octanol–water partition coefficient (Wildman–Crippen LogP) is 6.22. The van der Waals surface area contributed by atoms with Gasteiger partial charge in [-0.1, -0.05) is 59.8 Å². The van der Waals surface area contributed by atoms with Crippen molar-refractivity contribution in [3.05, 3.63) is 24.5 Å². The summed E-state index contributed by atoms with van der Waals surface area (Å²) in [6.45, 7) is 18.5. The first-order valence-corrected chi connectivity index (χ1v) is 6.53. The van der Waals surface area contributed by atoms with Gasteiger partial charge in [0.25, 0.3) is 0 Å². The summed E-state index contributed by atoms with van der Waals surface area (Å²) in [6.07, 6.45) is 4.25. The molecule has 17 heavy (non-hydrogen) atoms. The van der Waals surface area contributed by atoms with Gasteiger partial charge in [0, 0.05) is 0 Å². The molecule has 106 valence electrons. The molecule has 1 N–H and O–H groups in total. The van der Waals surface area contributed by atoms with Crippen molar-refractivity contribution in [2.24, 2.45) is 0 Å². The molecule has 0 amide bonds. The third-order valence-corrected chi connectivity index (χ3v) is 1.29. The average Bonchev–Trinajstić information content (AvgIpc) is 2.31. The normalized spacial score (nSPS) is 7.24. The van der Waals surface area contributed by atoms with Gasteiger partial charge < -0.3 is 5.11 Å². The molecule has 0 atom stereocenters. The molecule has 0 bridgehead atoms. The Morgan fingerprint density at radius 3 is 1.41 bits per heavy atom. The number of halogens is 1. The Kier molecular flexibility index (Phi) is 43.6. The van der Waals surface area contributed by atoms with E-state index in [1.165, 1.54) is 25.3 Å². The molecule has 0 aromatic carbocycles. The minimum absolute atomic E-state index is 0.167. The summed E-state index contributed by atoms with van der Waals surface area (Å²) in [4.78, 5) is 0. The fourth-order valence-corrected chi connectivity index (χ4v) is 0.530. The van der Waals surface area contributed by atoms with Crippen LogP contribution in [-0.2, 0) is 0 Å². The monoisotopic (exact) mass is 248 g/mol. The number of hydrogen-bond donors (Lipinski definition) is 1. The van der Waals surface area contributed by atoms with E-state index < -0.39 is 0 Å². The summed E-state index contributed by atoms with van der Waals surface area (Å²) in [5.41, 5.74) is 1.38. The molecule has 0 saturated heterocycles. The summed E-state index contributed by atoms with van der Waals surface area (Å²) >= 11 is 0. The zero-order valence-corrected chi connectivity index (χ0v) is 12.8. The molecule has 0 spiro atoms. The quantitative estimate of drug-likeness (QED) is 0.462. The molecule has 2 heteroatoms. The molecule has 0 aliphatic carbocycles. The van der Waals surface area contributed by atoms with Gasteiger partial charge in [-0.25, -0.2) is 0 Å². The van der Waals surface area contributed by atoms with Gasteiger partial charge in [0.2, 0.25) is 0 Å². The largest absolute Gasteiger partial charge is 0.513 e. The molecular weight excluding hydrogens is 215 g/mol. The van der Waals surface area contributed by atoms with E-state index in [0.717, 1.165) is 6.42 Å². The molecule has 0 aromatic heterocycles. The van der Waals surface area contributed by atoms with Gasteiger partial charge in [-0.15, -0.1) is 0 Å². The van der Waals surface area contributed by atoms with Crippen LogP contribution in [0.25, 0.3) is 0 Å². The molecule has 0 aromatic rings. The number of aliphatic hydroxyl groups is 1. The fourth-order valence-electron chi connectivity index (χ4n) is 0.530. The molecule has 0 saturated carbocycles. The Hall–Kier alpha value is -0.790. The average molecular weight is 248 g/mol. The van der Waals surface area contributed by atoms with Crippen LogP contribution in [0.1, 0.15) is 67.2 Å². The predicted molar refractivity (Wildman–Crippen MR) is 79.4 cm³/mol. The third kappa shape index (κ3) is 97.8. The van der Waals surface area contributed by atoms with Crippen LogP contribution in [0.5, 0.6) is 0 Å². The lowest BCUT2D eigenvalue weighted by Gasteiger charge is -1.94. The van der Waals surface area contributed by atoms with Crippen LogP contribution in [-0.4, -0.2) is 11.8 Å². The van der Waals surface area contributed by atoms with Gasteiger partial charge in [0.05, 0.1) is 12.4 Å². The van der Waals surface area contributed by atoms with Gasteiger partial charge >= 0.3 is 0 Å². The molecule has 0 aliphatic rings. The summed E-state index contributed by atoms with van der Waals surface area (Å²) in [6, 6.07) is 0. The van der Waals surface area contributed by atoms with Crippen LogP contribution >= 0.6 is 0 Å². The molecule has 0 fully saturated rings. The Balaban J connectivity index is -0.0000000733. The number of rotatable bonds is 4. The first-order valence-electron chi connectivity index (χ1n) is 6.53. The zero-order chi connectivity index (χ0) is 14.7. The van der Waals surface area contributed by atoms with Crippen LogP contribution in [0.2, 0.25) is 0 Å². The molecular formula is C15H33FO. The van der Waals surface area contributed by atoms with Crippen molar-refractivity contribution in [1.82, 2.24) is 0 Å². The fraction of sp³-hybridized carbons (Fsp3) is 0.733. The van der Waals surface area contributed by atoms with Crippen LogP contribution in [0, 0.1) is 0 Å². The van der Waals surface area contributed by atoms with E-state index >= 15 is 0 Å². The van der Waals surface area contributed by atoms with Crippen molar-refractivity contribution >= 4 is 0 Å². The first kappa shape index (κ1) is 25.2. The smallest absolute Gasteiger partial charge is 0.0891 e. The second kappa shape index (κ2) is 29.5. The minimum Gasteiger partial charge on any atom is -0.513 e. The second-order valence-electron chi connectivity index (χ2n) is 3.28. The molecule has 0 rings (SSSR count). The minimum atomic E-state index is -0.181. The maximum Gasteiger partial charge on any atom is 0.0891 e. The Bertz CT molecular complexity index is 136. The van der Waals surface area contributed by atoms with E-state index in [9.17, 15) is 4.39 Å². The maximum absolute atomic E-state index is 10.7. The van der Waals surface area contributed by atoms with Crippen LogP contribution in [0.15, 0.2) is 24.5 Å². The van der Waals surface area contributed by atoms with Crippen molar-refractivity contribution in [1.29, 1.82) is 0 Å². The van der Waals surface area contributed by atoms with Gasteiger partial charge in [-0.2, -0.15) is 0 Å². The molecule has 0 heterocycles. The highest BCUT2D eigenvalue weighted by molar-refractivity contribution is 4.91. The zero-order valence-electron chi connectivity index (χ0n) is 12.8. The number of aliphatic hydroxyl groups excluding tert-OH is 1. The van der Waals surface area contributed by atoms with Gasteiger partial charge in [-0.3, -0.25) is 4.39 Å². The summed E-state index contributed by atoms with van der Waals surface area (Å²) in [5, 5.41) is 7.86. The topological polar surface area (TPSA) is 20.2 Å². The third-order valence-electron chi connectivity index (χ3n) is 1.29. The molecule has 1 nitrogen and oxygen atoms in total.